The highest BCUT2D eigenvalue weighted by atomic mass is 32.2. The van der Waals surface area contributed by atoms with E-state index in [9.17, 15) is 43.2 Å². The molecule has 22 heavy (non-hydrogen) atoms. The van der Waals surface area contributed by atoms with Gasteiger partial charge in [-0.05, 0) is 12.5 Å². The Kier molecular flexibility index (Phi) is 5.06. The average Bonchev–Trinajstić information content (AvgIpc) is 2.28. The van der Waals surface area contributed by atoms with Crippen LogP contribution in [0.15, 0.2) is 11.8 Å². The number of hydrogen-bond donors (Lipinski definition) is 0. The van der Waals surface area contributed by atoms with Crippen LogP contribution in [-0.4, -0.2) is 40.7 Å². The standard InChI is InChI=1S/C7H6F6O7S2/c8-6(9,10)21(14,15)19-4-2-1-3-18-5(4)20-22(16,17)7(11,12)13/h2,5H,1,3H2. The second-order valence-electron chi connectivity index (χ2n) is 3.58. The highest BCUT2D eigenvalue weighted by Gasteiger charge is 2.52. The van der Waals surface area contributed by atoms with E-state index in [2.05, 4.69) is 13.1 Å². The molecule has 0 radical (unpaired) electrons. The molecule has 15 heteroatoms. The first-order chi connectivity index (χ1) is 9.67. The molecule has 0 saturated heterocycles. The zero-order chi connectivity index (χ0) is 17.4. The summed E-state index contributed by atoms with van der Waals surface area (Å²) in [6, 6.07) is 0. The summed E-state index contributed by atoms with van der Waals surface area (Å²) >= 11 is 0. The lowest BCUT2D eigenvalue weighted by atomic mass is 10.3. The molecule has 1 aliphatic rings. The third kappa shape index (κ3) is 4.23. The number of halogens is 6. The van der Waals surface area contributed by atoms with Crippen LogP contribution in [0.1, 0.15) is 6.42 Å². The van der Waals surface area contributed by atoms with Gasteiger partial charge in [-0.15, -0.1) is 0 Å². The van der Waals surface area contributed by atoms with Crippen LogP contribution in [-0.2, 0) is 33.3 Å². The van der Waals surface area contributed by atoms with E-state index in [4.69, 9.17) is 0 Å². The van der Waals surface area contributed by atoms with Crippen molar-refractivity contribution in [2.45, 2.75) is 23.7 Å². The fourth-order valence-corrected chi connectivity index (χ4v) is 2.03. The molecular weight excluding hydrogens is 374 g/mol. The fourth-order valence-electron chi connectivity index (χ4n) is 1.05. The molecule has 0 aromatic rings. The molecule has 0 amide bonds. The molecule has 130 valence electrons. The Morgan fingerprint density at radius 3 is 1.95 bits per heavy atom. The minimum Gasteiger partial charge on any atom is -0.375 e. The lowest BCUT2D eigenvalue weighted by Gasteiger charge is -2.24. The Bertz CT molecular complexity index is 644. The molecule has 0 aliphatic carbocycles. The monoisotopic (exact) mass is 380 g/mol. The third-order valence-electron chi connectivity index (χ3n) is 1.95. The van der Waals surface area contributed by atoms with E-state index in [1.165, 1.54) is 0 Å². The predicted molar refractivity (Wildman–Crippen MR) is 54.6 cm³/mol. The lowest BCUT2D eigenvalue weighted by Crippen LogP contribution is -2.36. The molecule has 0 aromatic heterocycles. The van der Waals surface area contributed by atoms with E-state index < -0.39 is 49.9 Å². The smallest absolute Gasteiger partial charge is 0.375 e. The predicted octanol–water partition coefficient (Wildman–Crippen LogP) is 1.35. The Hall–Kier alpha value is -1.06. The van der Waals surface area contributed by atoms with Crippen molar-refractivity contribution in [3.8, 4) is 0 Å². The van der Waals surface area contributed by atoms with Crippen LogP contribution in [0.4, 0.5) is 26.3 Å². The zero-order valence-electron chi connectivity index (χ0n) is 10.0. The van der Waals surface area contributed by atoms with E-state index >= 15 is 0 Å². The van der Waals surface area contributed by atoms with Gasteiger partial charge in [-0.2, -0.15) is 43.2 Å². The second-order valence-corrected chi connectivity index (χ2v) is 6.68. The number of alkyl halides is 6. The van der Waals surface area contributed by atoms with Gasteiger partial charge in [0.15, 0.2) is 5.76 Å². The van der Waals surface area contributed by atoms with E-state index in [0.717, 1.165) is 0 Å². The van der Waals surface area contributed by atoms with Gasteiger partial charge in [0, 0.05) is 0 Å². The second kappa shape index (κ2) is 5.86. The van der Waals surface area contributed by atoms with Gasteiger partial charge in [-0.3, -0.25) is 0 Å². The molecule has 1 atom stereocenters. The van der Waals surface area contributed by atoms with Gasteiger partial charge < -0.3 is 8.92 Å². The van der Waals surface area contributed by atoms with Crippen molar-refractivity contribution in [2.75, 3.05) is 6.61 Å². The first-order valence-electron chi connectivity index (χ1n) is 4.99. The van der Waals surface area contributed by atoms with Crippen LogP contribution in [0, 0.1) is 0 Å². The van der Waals surface area contributed by atoms with Crippen molar-refractivity contribution in [1.29, 1.82) is 0 Å². The van der Waals surface area contributed by atoms with Crippen molar-refractivity contribution >= 4 is 20.2 Å². The number of ether oxygens (including phenoxy) is 1. The third-order valence-corrected chi connectivity index (χ3v) is 3.93. The highest BCUT2D eigenvalue weighted by Crippen LogP contribution is 2.32. The minimum absolute atomic E-state index is 0.241. The summed E-state index contributed by atoms with van der Waals surface area (Å²) in [6.45, 7) is -0.434. The maximum atomic E-state index is 12.1. The molecule has 0 spiro atoms. The van der Waals surface area contributed by atoms with Crippen LogP contribution >= 0.6 is 0 Å². The zero-order valence-corrected chi connectivity index (χ0v) is 11.6. The molecular formula is C7H6F6O7S2. The minimum atomic E-state index is -6.24. The summed E-state index contributed by atoms with van der Waals surface area (Å²) in [4.78, 5) is 0. The van der Waals surface area contributed by atoms with E-state index in [1.54, 1.807) is 0 Å². The summed E-state index contributed by atoms with van der Waals surface area (Å²) in [5.74, 6) is -1.38. The van der Waals surface area contributed by atoms with Crippen LogP contribution in [0.5, 0.6) is 0 Å². The van der Waals surface area contributed by atoms with Crippen LogP contribution in [0.25, 0.3) is 0 Å². The van der Waals surface area contributed by atoms with Gasteiger partial charge in [0.1, 0.15) is 0 Å². The highest BCUT2D eigenvalue weighted by molar-refractivity contribution is 7.88. The maximum absolute atomic E-state index is 12.1. The topological polar surface area (TPSA) is 96.0 Å². The van der Waals surface area contributed by atoms with Crippen molar-refractivity contribution < 1.29 is 56.3 Å². The van der Waals surface area contributed by atoms with Crippen molar-refractivity contribution in [3.63, 3.8) is 0 Å². The SMILES string of the molecule is O=S(=O)(OC1=CCCOC1OS(=O)(=O)C(F)(F)F)C(F)(F)F. The van der Waals surface area contributed by atoms with Crippen LogP contribution in [0.3, 0.4) is 0 Å². The normalized spacial score (nSPS) is 21.4. The van der Waals surface area contributed by atoms with Crippen molar-refractivity contribution in [2.24, 2.45) is 0 Å². The molecule has 0 fully saturated rings. The van der Waals surface area contributed by atoms with Gasteiger partial charge in [0.05, 0.1) is 6.61 Å². The first-order valence-corrected chi connectivity index (χ1v) is 7.81. The fraction of sp³-hybridized carbons (Fsp3) is 0.714. The first kappa shape index (κ1) is 19.0. The largest absolute Gasteiger partial charge is 0.534 e. The van der Waals surface area contributed by atoms with E-state index in [0.29, 0.717) is 6.08 Å². The van der Waals surface area contributed by atoms with Crippen molar-refractivity contribution in [1.82, 2.24) is 0 Å². The van der Waals surface area contributed by atoms with Crippen LogP contribution < -0.4 is 0 Å². The molecule has 0 N–H and O–H groups in total. The average molecular weight is 380 g/mol. The molecule has 7 nitrogen and oxygen atoms in total. The van der Waals surface area contributed by atoms with Gasteiger partial charge in [-0.25, -0.2) is 4.18 Å². The lowest BCUT2D eigenvalue weighted by molar-refractivity contribution is -0.105. The van der Waals surface area contributed by atoms with Gasteiger partial charge in [0.25, 0.3) is 0 Å². The quantitative estimate of drug-likeness (QED) is 0.413. The summed E-state index contributed by atoms with van der Waals surface area (Å²) in [5, 5.41) is 0. The van der Waals surface area contributed by atoms with Crippen molar-refractivity contribution in [3.05, 3.63) is 11.8 Å². The number of rotatable bonds is 4. The Morgan fingerprint density at radius 2 is 1.50 bits per heavy atom. The summed E-state index contributed by atoms with van der Waals surface area (Å²) in [5.41, 5.74) is -11.8. The number of hydrogen-bond acceptors (Lipinski definition) is 7. The summed E-state index contributed by atoms with van der Waals surface area (Å²) in [7, 11) is -12.5. The molecule has 1 aliphatic heterocycles. The van der Waals surface area contributed by atoms with Gasteiger partial charge >= 0.3 is 31.3 Å². The molecule has 1 heterocycles. The van der Waals surface area contributed by atoms with Crippen LogP contribution in [0.2, 0.25) is 0 Å². The molecule has 0 saturated carbocycles. The molecule has 1 rings (SSSR count). The maximum Gasteiger partial charge on any atom is 0.534 e. The summed E-state index contributed by atoms with van der Waals surface area (Å²) in [6.07, 6.45) is -2.25. The summed E-state index contributed by atoms with van der Waals surface area (Å²) < 4.78 is 127. The Balaban J connectivity index is 3.03. The van der Waals surface area contributed by atoms with E-state index in [1.807, 2.05) is 0 Å². The molecule has 0 aromatic carbocycles. The molecule has 1 unspecified atom stereocenters. The van der Waals surface area contributed by atoms with E-state index in [-0.39, 0.29) is 6.42 Å². The Morgan fingerprint density at radius 1 is 1.00 bits per heavy atom. The van der Waals surface area contributed by atoms with Gasteiger partial charge in [0.2, 0.25) is 6.29 Å². The Labute approximate surface area is 119 Å². The molecule has 0 bridgehead atoms. The van der Waals surface area contributed by atoms with Gasteiger partial charge in [-0.1, -0.05) is 0 Å².